The SMILES string of the molecule is C#Cc1c(Oc2cc(F)cc(C#N)c2)ccc2c1C(=O)CS2(=O)=O. The minimum Gasteiger partial charge on any atom is -0.456 e. The van der Waals surface area contributed by atoms with Crippen LogP contribution in [0.15, 0.2) is 35.2 Å². The molecular formula is C17H8FNO4S. The van der Waals surface area contributed by atoms with Crippen molar-refractivity contribution in [2.24, 2.45) is 0 Å². The molecule has 0 unspecified atom stereocenters. The van der Waals surface area contributed by atoms with Crippen molar-refractivity contribution in [3.8, 4) is 29.9 Å². The number of carbonyl (C=O) groups is 1. The van der Waals surface area contributed by atoms with E-state index < -0.39 is 27.2 Å². The minimum absolute atomic E-state index is 0.0105. The number of ketones is 1. The quantitative estimate of drug-likeness (QED) is 0.783. The largest absolute Gasteiger partial charge is 0.456 e. The monoisotopic (exact) mass is 341 g/mol. The molecule has 0 fully saturated rings. The van der Waals surface area contributed by atoms with Crippen molar-refractivity contribution in [3.63, 3.8) is 0 Å². The Bertz CT molecular complexity index is 1070. The van der Waals surface area contributed by atoms with Crippen LogP contribution < -0.4 is 4.74 Å². The lowest BCUT2D eigenvalue weighted by Gasteiger charge is -2.11. The molecule has 0 atom stereocenters. The van der Waals surface area contributed by atoms with E-state index in [2.05, 4.69) is 5.92 Å². The van der Waals surface area contributed by atoms with Gasteiger partial charge in [0, 0.05) is 6.07 Å². The predicted molar refractivity (Wildman–Crippen MR) is 81.9 cm³/mol. The first-order valence-corrected chi connectivity index (χ1v) is 8.29. The van der Waals surface area contributed by atoms with Crippen molar-refractivity contribution in [2.45, 2.75) is 4.90 Å². The number of Topliss-reactive ketones (excluding diaryl/α,β-unsaturated/α-hetero) is 1. The number of halogens is 1. The topological polar surface area (TPSA) is 84.2 Å². The molecule has 5 nitrogen and oxygen atoms in total. The summed E-state index contributed by atoms with van der Waals surface area (Å²) < 4.78 is 42.8. The summed E-state index contributed by atoms with van der Waals surface area (Å²) in [5.41, 5.74) is -0.0553. The summed E-state index contributed by atoms with van der Waals surface area (Å²) in [6.45, 7) is 0. The molecule has 1 aliphatic heterocycles. The Morgan fingerprint density at radius 1 is 1.25 bits per heavy atom. The number of sulfone groups is 1. The van der Waals surface area contributed by atoms with Crippen LogP contribution in [-0.4, -0.2) is 20.0 Å². The van der Waals surface area contributed by atoms with E-state index in [1.807, 2.05) is 0 Å². The Morgan fingerprint density at radius 3 is 2.67 bits per heavy atom. The minimum atomic E-state index is -3.70. The molecule has 0 radical (unpaired) electrons. The Kier molecular flexibility index (Phi) is 3.59. The van der Waals surface area contributed by atoms with Gasteiger partial charge in [0.25, 0.3) is 0 Å². The third-order valence-corrected chi connectivity index (χ3v) is 5.09. The van der Waals surface area contributed by atoms with Crippen LogP contribution in [0, 0.1) is 29.5 Å². The average molecular weight is 341 g/mol. The molecule has 7 heteroatoms. The van der Waals surface area contributed by atoms with Crippen molar-refractivity contribution < 1.29 is 22.3 Å². The number of hydrogen-bond acceptors (Lipinski definition) is 5. The van der Waals surface area contributed by atoms with Crippen LogP contribution in [-0.2, 0) is 9.84 Å². The lowest BCUT2D eigenvalue weighted by Crippen LogP contribution is -2.03. The lowest BCUT2D eigenvalue weighted by molar-refractivity contribution is 0.102. The van der Waals surface area contributed by atoms with Crippen molar-refractivity contribution >= 4 is 15.6 Å². The summed E-state index contributed by atoms with van der Waals surface area (Å²) in [5.74, 6) is 0.382. The fourth-order valence-corrected chi connectivity index (χ4v) is 3.91. The molecule has 1 aliphatic rings. The van der Waals surface area contributed by atoms with E-state index in [-0.39, 0.29) is 33.1 Å². The molecule has 0 N–H and O–H groups in total. The van der Waals surface area contributed by atoms with Gasteiger partial charge in [-0.3, -0.25) is 4.79 Å². The molecule has 3 rings (SSSR count). The smallest absolute Gasteiger partial charge is 0.186 e. The average Bonchev–Trinajstić information content (AvgIpc) is 2.76. The van der Waals surface area contributed by atoms with E-state index in [4.69, 9.17) is 16.4 Å². The Hall–Kier alpha value is -3.16. The van der Waals surface area contributed by atoms with E-state index >= 15 is 0 Å². The second-order valence-electron chi connectivity index (χ2n) is 5.03. The summed E-state index contributed by atoms with van der Waals surface area (Å²) in [7, 11) is -3.70. The van der Waals surface area contributed by atoms with Crippen LogP contribution in [0.2, 0.25) is 0 Å². The van der Waals surface area contributed by atoms with Crippen molar-refractivity contribution in [3.05, 3.63) is 52.8 Å². The second kappa shape index (κ2) is 5.48. The zero-order chi connectivity index (χ0) is 17.5. The number of fused-ring (bicyclic) bond motifs is 1. The molecular weight excluding hydrogens is 333 g/mol. The summed E-state index contributed by atoms with van der Waals surface area (Å²) in [4.78, 5) is 11.9. The van der Waals surface area contributed by atoms with E-state index in [9.17, 15) is 17.6 Å². The Labute approximate surface area is 137 Å². The standard InChI is InChI=1S/C17H8FNO4S/c1-2-13-15(23-12-6-10(8-19)5-11(18)7-12)3-4-16-17(13)14(20)9-24(16,21)22/h1,3-7H,9H2. The van der Waals surface area contributed by atoms with Gasteiger partial charge in [0.1, 0.15) is 23.1 Å². The first-order chi connectivity index (χ1) is 11.4. The van der Waals surface area contributed by atoms with Crippen LogP contribution in [0.1, 0.15) is 21.5 Å². The van der Waals surface area contributed by atoms with Crippen molar-refractivity contribution in [1.82, 2.24) is 0 Å². The molecule has 0 saturated heterocycles. The Balaban J connectivity index is 2.14. The van der Waals surface area contributed by atoms with Gasteiger partial charge in [-0.15, -0.1) is 6.42 Å². The van der Waals surface area contributed by atoms with Crippen LogP contribution in [0.4, 0.5) is 4.39 Å². The molecule has 0 aliphatic carbocycles. The zero-order valence-electron chi connectivity index (χ0n) is 12.0. The normalized spacial score (nSPS) is 14.5. The number of nitrogens with zero attached hydrogens (tertiary/aromatic N) is 1. The maximum Gasteiger partial charge on any atom is 0.186 e. The molecule has 24 heavy (non-hydrogen) atoms. The molecule has 1 heterocycles. The summed E-state index contributed by atoms with van der Waals surface area (Å²) in [6, 6.07) is 7.71. The summed E-state index contributed by atoms with van der Waals surface area (Å²) >= 11 is 0. The van der Waals surface area contributed by atoms with Crippen LogP contribution in [0.25, 0.3) is 0 Å². The number of carbonyl (C=O) groups excluding carboxylic acids is 1. The predicted octanol–water partition coefficient (Wildman–Crippen LogP) is 2.44. The molecule has 0 aromatic heterocycles. The van der Waals surface area contributed by atoms with Gasteiger partial charge in [-0.25, -0.2) is 12.8 Å². The maximum atomic E-state index is 13.5. The van der Waals surface area contributed by atoms with Crippen LogP contribution >= 0.6 is 0 Å². The molecule has 118 valence electrons. The van der Waals surface area contributed by atoms with Gasteiger partial charge < -0.3 is 4.74 Å². The number of benzene rings is 2. The first-order valence-electron chi connectivity index (χ1n) is 6.64. The summed E-state index contributed by atoms with van der Waals surface area (Å²) in [5, 5.41) is 8.86. The highest BCUT2D eigenvalue weighted by Gasteiger charge is 2.36. The Morgan fingerprint density at radius 2 is 2.00 bits per heavy atom. The van der Waals surface area contributed by atoms with Gasteiger partial charge in [0.15, 0.2) is 15.6 Å². The fraction of sp³-hybridized carbons (Fsp3) is 0.0588. The van der Waals surface area contributed by atoms with Gasteiger partial charge in [-0.05, 0) is 24.3 Å². The van der Waals surface area contributed by atoms with Gasteiger partial charge in [0.2, 0.25) is 0 Å². The van der Waals surface area contributed by atoms with E-state index in [0.29, 0.717) is 0 Å². The van der Waals surface area contributed by atoms with Crippen LogP contribution in [0.5, 0.6) is 11.5 Å². The fourth-order valence-electron chi connectivity index (χ4n) is 2.46. The van der Waals surface area contributed by atoms with E-state index in [0.717, 1.165) is 12.1 Å². The second-order valence-corrected chi connectivity index (χ2v) is 6.99. The summed E-state index contributed by atoms with van der Waals surface area (Å²) in [6.07, 6.45) is 5.41. The molecule has 2 aromatic carbocycles. The van der Waals surface area contributed by atoms with E-state index in [1.165, 1.54) is 18.2 Å². The van der Waals surface area contributed by atoms with Crippen molar-refractivity contribution in [1.29, 1.82) is 5.26 Å². The van der Waals surface area contributed by atoms with Gasteiger partial charge in [-0.2, -0.15) is 5.26 Å². The molecule has 2 aromatic rings. The highest BCUT2D eigenvalue weighted by molar-refractivity contribution is 7.92. The molecule has 0 amide bonds. The number of hydrogen-bond donors (Lipinski definition) is 0. The van der Waals surface area contributed by atoms with Gasteiger partial charge in [-0.1, -0.05) is 5.92 Å². The zero-order valence-corrected chi connectivity index (χ0v) is 12.9. The maximum absolute atomic E-state index is 13.5. The number of ether oxygens (including phenoxy) is 1. The first kappa shape index (κ1) is 15.7. The molecule has 0 bridgehead atoms. The van der Waals surface area contributed by atoms with Gasteiger partial charge in [0.05, 0.1) is 27.7 Å². The third-order valence-electron chi connectivity index (χ3n) is 3.44. The number of terminal acetylenes is 1. The third kappa shape index (κ3) is 2.51. The lowest BCUT2D eigenvalue weighted by atomic mass is 10.0. The van der Waals surface area contributed by atoms with Gasteiger partial charge >= 0.3 is 0 Å². The highest BCUT2D eigenvalue weighted by atomic mass is 32.2. The number of rotatable bonds is 2. The highest BCUT2D eigenvalue weighted by Crippen LogP contribution is 2.36. The van der Waals surface area contributed by atoms with E-state index in [1.54, 1.807) is 6.07 Å². The molecule has 0 saturated carbocycles. The molecule has 0 spiro atoms. The number of nitriles is 1. The van der Waals surface area contributed by atoms with Crippen molar-refractivity contribution in [2.75, 3.05) is 5.75 Å². The van der Waals surface area contributed by atoms with Crippen LogP contribution in [0.3, 0.4) is 0 Å².